The Labute approximate surface area is 177 Å². The summed E-state index contributed by atoms with van der Waals surface area (Å²) in [4.78, 5) is 11.2. The Morgan fingerprint density at radius 2 is 2.00 bits per heavy atom. The zero-order valence-electron chi connectivity index (χ0n) is 18.5. The number of rotatable bonds is 4. The molecule has 5 aliphatic rings. The van der Waals surface area contributed by atoms with Gasteiger partial charge in [-0.05, 0) is 105 Å². The molecule has 4 fully saturated rings. The summed E-state index contributed by atoms with van der Waals surface area (Å²) in [7, 11) is 0. The fourth-order valence-electron chi connectivity index (χ4n) is 8.39. The number of hydrogen-bond donors (Lipinski definition) is 0. The van der Waals surface area contributed by atoms with Crippen molar-refractivity contribution in [2.24, 2.45) is 34.5 Å². The molecule has 0 N–H and O–H groups in total. The van der Waals surface area contributed by atoms with E-state index in [-0.39, 0.29) is 6.29 Å². The van der Waals surface area contributed by atoms with Crippen LogP contribution in [0.25, 0.3) is 0 Å². The number of hydrogen-bond acceptors (Lipinski definition) is 3. The second-order valence-electron chi connectivity index (χ2n) is 11.3. The first kappa shape index (κ1) is 20.2. The molecule has 4 aliphatic carbocycles. The number of aldehydes is 1. The van der Waals surface area contributed by atoms with Crippen molar-refractivity contribution in [3.05, 3.63) is 11.6 Å². The summed E-state index contributed by atoms with van der Waals surface area (Å²) >= 11 is 0. The summed E-state index contributed by atoms with van der Waals surface area (Å²) in [5.41, 5.74) is 2.47. The number of fused-ring (bicyclic) bond motifs is 5. The van der Waals surface area contributed by atoms with E-state index < -0.39 is 0 Å². The van der Waals surface area contributed by atoms with Gasteiger partial charge in [-0.1, -0.05) is 25.5 Å². The summed E-state index contributed by atoms with van der Waals surface area (Å²) in [6, 6.07) is 0. The maximum atomic E-state index is 11.2. The van der Waals surface area contributed by atoms with Crippen LogP contribution in [0.5, 0.6) is 0 Å². The standard InChI is InChI=1S/C26H40O3/c1-25-14-11-23-21(22(25)9-7-18(25)12-15-27)8-6-19-17-20(10-13-26(19,23)2)29-24-5-3-4-16-28-24/h6,15,18,20-24H,3-5,7-14,16-17H2,1-2H3/t18?,20-,21-,22-,23-,24?,25+,26-/m0/s1. The second-order valence-corrected chi connectivity index (χ2v) is 11.3. The minimum atomic E-state index is 0.0404. The normalized spacial score (nSPS) is 49.5. The van der Waals surface area contributed by atoms with Crippen LogP contribution in [0.2, 0.25) is 0 Å². The van der Waals surface area contributed by atoms with Crippen molar-refractivity contribution in [3.8, 4) is 0 Å². The van der Waals surface area contributed by atoms with Crippen LogP contribution in [0.1, 0.15) is 90.9 Å². The summed E-state index contributed by atoms with van der Waals surface area (Å²) in [6.07, 6.45) is 18.6. The molecule has 1 aliphatic heterocycles. The van der Waals surface area contributed by atoms with Gasteiger partial charge in [0.1, 0.15) is 6.29 Å². The van der Waals surface area contributed by atoms with Crippen molar-refractivity contribution in [1.82, 2.24) is 0 Å². The van der Waals surface area contributed by atoms with Gasteiger partial charge in [-0.25, -0.2) is 0 Å². The third kappa shape index (κ3) is 3.35. The average Bonchev–Trinajstić information content (AvgIpc) is 3.06. The van der Waals surface area contributed by atoms with Crippen molar-refractivity contribution in [2.75, 3.05) is 6.61 Å². The van der Waals surface area contributed by atoms with Crippen LogP contribution >= 0.6 is 0 Å². The van der Waals surface area contributed by atoms with Crippen LogP contribution in [0, 0.1) is 34.5 Å². The van der Waals surface area contributed by atoms with E-state index in [2.05, 4.69) is 19.9 Å². The third-order valence-electron chi connectivity index (χ3n) is 10.1. The lowest BCUT2D eigenvalue weighted by Crippen LogP contribution is -2.50. The van der Waals surface area contributed by atoms with Crippen LogP contribution in [0.3, 0.4) is 0 Å². The van der Waals surface area contributed by atoms with Gasteiger partial charge in [-0.15, -0.1) is 0 Å². The lowest BCUT2D eigenvalue weighted by Gasteiger charge is -2.58. The third-order valence-corrected chi connectivity index (χ3v) is 10.1. The summed E-state index contributed by atoms with van der Waals surface area (Å²) in [5, 5.41) is 0. The molecule has 0 aromatic rings. The highest BCUT2D eigenvalue weighted by Gasteiger charge is 2.58. The molecule has 0 spiro atoms. The second kappa shape index (κ2) is 7.79. The lowest BCUT2D eigenvalue weighted by molar-refractivity contribution is -0.195. The smallest absolute Gasteiger partial charge is 0.157 e. The van der Waals surface area contributed by atoms with Crippen LogP contribution < -0.4 is 0 Å². The topological polar surface area (TPSA) is 35.5 Å². The number of allylic oxidation sites excluding steroid dienone is 1. The molecule has 0 amide bonds. The fraction of sp³-hybridized carbons (Fsp3) is 0.885. The quantitative estimate of drug-likeness (QED) is 0.425. The molecule has 0 aromatic heterocycles. The Balaban J connectivity index is 1.31. The molecule has 5 rings (SSSR count). The molecule has 2 unspecified atom stereocenters. The Hall–Kier alpha value is -0.670. The van der Waals surface area contributed by atoms with Gasteiger partial charge in [0, 0.05) is 13.0 Å². The highest BCUT2D eigenvalue weighted by Crippen LogP contribution is 2.66. The molecule has 162 valence electrons. The molecule has 1 heterocycles. The van der Waals surface area contributed by atoms with Crippen molar-refractivity contribution >= 4 is 6.29 Å². The first-order valence-corrected chi connectivity index (χ1v) is 12.4. The van der Waals surface area contributed by atoms with Gasteiger partial charge >= 0.3 is 0 Å². The minimum absolute atomic E-state index is 0.0404. The first-order valence-electron chi connectivity index (χ1n) is 12.4. The molecule has 0 bridgehead atoms. The minimum Gasteiger partial charge on any atom is -0.353 e. The van der Waals surface area contributed by atoms with E-state index in [1.165, 1.54) is 64.1 Å². The monoisotopic (exact) mass is 400 g/mol. The Bertz CT molecular complexity index is 650. The van der Waals surface area contributed by atoms with Gasteiger partial charge in [0.25, 0.3) is 0 Å². The number of carbonyl (C=O) groups excluding carboxylic acids is 1. The summed E-state index contributed by atoms with van der Waals surface area (Å²) in [6.45, 7) is 5.96. The molecule has 3 heteroatoms. The van der Waals surface area contributed by atoms with Crippen molar-refractivity contribution in [1.29, 1.82) is 0 Å². The van der Waals surface area contributed by atoms with Crippen LogP contribution in [0.15, 0.2) is 11.6 Å². The van der Waals surface area contributed by atoms with Gasteiger partial charge < -0.3 is 14.3 Å². The van der Waals surface area contributed by atoms with Gasteiger partial charge in [-0.3, -0.25) is 0 Å². The van der Waals surface area contributed by atoms with E-state index in [0.29, 0.717) is 22.9 Å². The van der Waals surface area contributed by atoms with E-state index in [0.717, 1.165) is 43.6 Å². The Morgan fingerprint density at radius 1 is 1.10 bits per heavy atom. The summed E-state index contributed by atoms with van der Waals surface area (Å²) < 4.78 is 12.2. The van der Waals surface area contributed by atoms with Crippen LogP contribution in [-0.4, -0.2) is 25.3 Å². The van der Waals surface area contributed by atoms with Gasteiger partial charge in [0.15, 0.2) is 6.29 Å². The van der Waals surface area contributed by atoms with Crippen LogP contribution in [-0.2, 0) is 14.3 Å². The van der Waals surface area contributed by atoms with Crippen molar-refractivity contribution < 1.29 is 14.3 Å². The lowest BCUT2D eigenvalue weighted by atomic mass is 9.47. The predicted octanol–water partition coefficient (Wildman–Crippen LogP) is 6.07. The molecule has 1 saturated heterocycles. The van der Waals surface area contributed by atoms with E-state index >= 15 is 0 Å². The Morgan fingerprint density at radius 3 is 2.79 bits per heavy atom. The SMILES string of the molecule is C[C@]12CC[C@H](OC3CCCCO3)CC1=CC[C@@H]1[C@@H]2CC[C@]2(C)C(CC=O)CC[C@@H]12. The number of ether oxygens (including phenoxy) is 2. The van der Waals surface area contributed by atoms with Crippen LogP contribution in [0.4, 0.5) is 0 Å². The predicted molar refractivity (Wildman–Crippen MR) is 114 cm³/mol. The number of carbonyl (C=O) groups is 1. The van der Waals surface area contributed by atoms with Gasteiger partial charge in [-0.2, -0.15) is 0 Å². The molecule has 8 atom stereocenters. The molecule has 3 saturated carbocycles. The van der Waals surface area contributed by atoms with E-state index in [1.807, 2.05) is 0 Å². The molecule has 29 heavy (non-hydrogen) atoms. The molecular formula is C26H40O3. The molecule has 0 radical (unpaired) electrons. The van der Waals surface area contributed by atoms with Crippen molar-refractivity contribution in [2.45, 2.75) is 103 Å². The molecule has 0 aromatic carbocycles. The average molecular weight is 401 g/mol. The zero-order valence-corrected chi connectivity index (χ0v) is 18.5. The fourth-order valence-corrected chi connectivity index (χ4v) is 8.39. The summed E-state index contributed by atoms with van der Waals surface area (Å²) in [5.74, 6) is 3.12. The van der Waals surface area contributed by atoms with E-state index in [1.54, 1.807) is 5.57 Å². The maximum absolute atomic E-state index is 11.2. The van der Waals surface area contributed by atoms with Crippen molar-refractivity contribution in [3.63, 3.8) is 0 Å². The van der Waals surface area contributed by atoms with E-state index in [4.69, 9.17) is 9.47 Å². The maximum Gasteiger partial charge on any atom is 0.157 e. The van der Waals surface area contributed by atoms with E-state index in [9.17, 15) is 4.79 Å². The Kier molecular flexibility index (Phi) is 5.44. The molecule has 3 nitrogen and oxygen atoms in total. The van der Waals surface area contributed by atoms with Gasteiger partial charge in [0.2, 0.25) is 0 Å². The highest BCUT2D eigenvalue weighted by atomic mass is 16.7. The highest BCUT2D eigenvalue weighted by molar-refractivity contribution is 5.50. The zero-order chi connectivity index (χ0) is 20.1. The van der Waals surface area contributed by atoms with Gasteiger partial charge in [0.05, 0.1) is 6.10 Å². The largest absolute Gasteiger partial charge is 0.353 e. The molecular weight excluding hydrogens is 360 g/mol. The first-order chi connectivity index (χ1) is 14.0.